The fourth-order valence-electron chi connectivity index (χ4n) is 1.83. The molecule has 64 valence electrons. The Hall–Kier alpha value is -1.64. The summed E-state index contributed by atoms with van der Waals surface area (Å²) in [6.45, 7) is 0. The van der Waals surface area contributed by atoms with E-state index in [1.54, 1.807) is 0 Å². The lowest BCUT2D eigenvalue weighted by molar-refractivity contribution is -0.133. The molecule has 2 aliphatic heterocycles. The summed E-state index contributed by atoms with van der Waals surface area (Å²) in [6.07, 6.45) is 0.440. The van der Waals surface area contributed by atoms with Gasteiger partial charge in [-0.25, -0.2) is 4.99 Å². The van der Waals surface area contributed by atoms with E-state index in [2.05, 4.69) is 4.99 Å². The molecule has 1 saturated heterocycles. The third kappa shape index (κ3) is 0.840. The van der Waals surface area contributed by atoms with Gasteiger partial charge in [0.05, 0.1) is 18.0 Å². The van der Waals surface area contributed by atoms with Gasteiger partial charge in [-0.3, -0.25) is 4.79 Å². The monoisotopic (exact) mass is 173 g/mol. The number of hydrogen-bond donors (Lipinski definition) is 0. The topological polar surface area (TPSA) is 38.7 Å². The Labute approximate surface area is 75.0 Å². The zero-order chi connectivity index (χ0) is 8.84. The molecule has 0 spiro atoms. The Kier molecular flexibility index (Phi) is 1.15. The first kappa shape index (κ1) is 6.83. The molecule has 1 fully saturated rings. The van der Waals surface area contributed by atoms with Crippen LogP contribution in [0.2, 0.25) is 0 Å². The number of ether oxygens (including phenoxy) is 1. The van der Waals surface area contributed by atoms with E-state index in [0.29, 0.717) is 12.3 Å². The summed E-state index contributed by atoms with van der Waals surface area (Å²) in [7, 11) is 0. The van der Waals surface area contributed by atoms with E-state index in [1.165, 1.54) is 0 Å². The Bertz CT molecular complexity index is 423. The van der Waals surface area contributed by atoms with Crippen molar-refractivity contribution in [3.63, 3.8) is 0 Å². The number of nitrogens with zero attached hydrogens (tertiary/aromatic N) is 1. The van der Waals surface area contributed by atoms with Crippen molar-refractivity contribution in [2.75, 3.05) is 0 Å². The molecule has 0 amide bonds. The lowest BCUT2D eigenvalue weighted by atomic mass is 9.99. The van der Waals surface area contributed by atoms with E-state index < -0.39 is 0 Å². The third-order valence-corrected chi connectivity index (χ3v) is 2.43. The fraction of sp³-hybridized carbons (Fsp3) is 0.200. The van der Waals surface area contributed by atoms with E-state index in [-0.39, 0.29) is 11.9 Å². The second kappa shape index (κ2) is 2.19. The summed E-state index contributed by atoms with van der Waals surface area (Å²) in [5, 5.41) is 0. The molecule has 3 nitrogen and oxygen atoms in total. The molecular formula is C10H7NO2. The largest absolute Gasteiger partial charge is 0.411 e. The molecule has 2 aliphatic rings. The maximum absolute atomic E-state index is 11.0. The van der Waals surface area contributed by atoms with Crippen LogP contribution < -0.4 is 0 Å². The summed E-state index contributed by atoms with van der Waals surface area (Å²) >= 11 is 0. The van der Waals surface area contributed by atoms with Crippen LogP contribution in [0.1, 0.15) is 17.9 Å². The summed E-state index contributed by atoms with van der Waals surface area (Å²) in [6, 6.07) is 7.83. The number of carbonyl (C=O) groups is 1. The fourth-order valence-corrected chi connectivity index (χ4v) is 1.83. The molecule has 0 N–H and O–H groups in total. The van der Waals surface area contributed by atoms with E-state index >= 15 is 0 Å². The molecule has 1 atom stereocenters. The summed E-state index contributed by atoms with van der Waals surface area (Å²) in [4.78, 5) is 15.2. The lowest BCUT2D eigenvalue weighted by Crippen LogP contribution is -1.99. The number of hydrogen-bond acceptors (Lipinski definition) is 3. The predicted molar refractivity (Wildman–Crippen MR) is 47.0 cm³/mol. The molecule has 13 heavy (non-hydrogen) atoms. The molecule has 1 aromatic carbocycles. The maximum Gasteiger partial charge on any atom is 0.313 e. The van der Waals surface area contributed by atoms with Crippen LogP contribution in [0.25, 0.3) is 0 Å². The maximum atomic E-state index is 11.0. The van der Waals surface area contributed by atoms with Crippen LogP contribution >= 0.6 is 0 Å². The molecule has 1 unspecified atom stereocenters. The molecule has 3 heteroatoms. The quantitative estimate of drug-likeness (QED) is 0.561. The number of rotatable bonds is 0. The average Bonchev–Trinajstić information content (AvgIpc) is 2.60. The molecular weight excluding hydrogens is 166 g/mol. The van der Waals surface area contributed by atoms with Crippen LogP contribution in [0.5, 0.6) is 0 Å². The smallest absolute Gasteiger partial charge is 0.313 e. The molecule has 0 radical (unpaired) electrons. The highest BCUT2D eigenvalue weighted by Gasteiger charge is 2.37. The number of carbonyl (C=O) groups excluding carboxylic acids is 1. The van der Waals surface area contributed by atoms with Gasteiger partial charge in [0.15, 0.2) is 0 Å². The van der Waals surface area contributed by atoms with Crippen LogP contribution in [0.3, 0.4) is 0 Å². The number of esters is 1. The van der Waals surface area contributed by atoms with Gasteiger partial charge in [0.2, 0.25) is 5.90 Å². The number of benzene rings is 1. The minimum Gasteiger partial charge on any atom is -0.411 e. The third-order valence-electron chi connectivity index (χ3n) is 2.43. The van der Waals surface area contributed by atoms with E-state index in [9.17, 15) is 4.79 Å². The first-order valence-electron chi connectivity index (χ1n) is 4.23. The van der Waals surface area contributed by atoms with Gasteiger partial charge in [0.25, 0.3) is 0 Å². The van der Waals surface area contributed by atoms with Crippen molar-refractivity contribution in [2.45, 2.75) is 12.3 Å². The Balaban J connectivity index is 2.14. The van der Waals surface area contributed by atoms with E-state index in [0.717, 1.165) is 11.3 Å². The number of fused-ring (bicyclic) bond motifs is 3. The molecule has 0 aromatic heterocycles. The van der Waals surface area contributed by atoms with Crippen LogP contribution in [0.4, 0.5) is 5.69 Å². The zero-order valence-corrected chi connectivity index (χ0v) is 6.86. The van der Waals surface area contributed by atoms with Gasteiger partial charge in [-0.05, 0) is 11.6 Å². The number of aliphatic imine (C=N–C) groups is 1. The molecule has 0 saturated carbocycles. The van der Waals surface area contributed by atoms with Gasteiger partial charge in [0.1, 0.15) is 0 Å². The predicted octanol–water partition coefficient (Wildman–Crippen LogP) is 1.76. The SMILES string of the molecule is O=C1CC2C(=Nc3ccccc32)O1. The van der Waals surface area contributed by atoms with Crippen LogP contribution in [0, 0.1) is 0 Å². The van der Waals surface area contributed by atoms with Crippen molar-refractivity contribution >= 4 is 17.6 Å². The normalized spacial score (nSPS) is 23.5. The minimum absolute atomic E-state index is 0.0868. The molecule has 1 aromatic rings. The Morgan fingerprint density at radius 1 is 1.38 bits per heavy atom. The van der Waals surface area contributed by atoms with Crippen molar-refractivity contribution in [2.24, 2.45) is 4.99 Å². The molecule has 3 rings (SSSR count). The summed E-state index contributed by atoms with van der Waals surface area (Å²) in [5.74, 6) is 0.494. The van der Waals surface area contributed by atoms with Crippen LogP contribution in [-0.2, 0) is 9.53 Å². The Morgan fingerprint density at radius 2 is 2.23 bits per heavy atom. The van der Waals surface area contributed by atoms with Gasteiger partial charge in [-0.2, -0.15) is 0 Å². The molecule has 0 aliphatic carbocycles. The minimum atomic E-state index is -0.168. The zero-order valence-electron chi connectivity index (χ0n) is 6.86. The highest BCUT2D eigenvalue weighted by atomic mass is 16.5. The van der Waals surface area contributed by atoms with Gasteiger partial charge < -0.3 is 4.74 Å². The summed E-state index contributed by atoms with van der Waals surface area (Å²) in [5.41, 5.74) is 2.05. The highest BCUT2D eigenvalue weighted by molar-refractivity contribution is 6.05. The van der Waals surface area contributed by atoms with Gasteiger partial charge in [-0.15, -0.1) is 0 Å². The van der Waals surface area contributed by atoms with E-state index in [1.807, 2.05) is 24.3 Å². The van der Waals surface area contributed by atoms with Gasteiger partial charge in [0, 0.05) is 0 Å². The summed E-state index contributed by atoms with van der Waals surface area (Å²) < 4.78 is 4.98. The number of para-hydroxylation sites is 1. The Morgan fingerprint density at radius 3 is 3.15 bits per heavy atom. The van der Waals surface area contributed by atoms with Gasteiger partial charge in [-0.1, -0.05) is 18.2 Å². The second-order valence-electron chi connectivity index (χ2n) is 3.24. The average molecular weight is 173 g/mol. The van der Waals surface area contributed by atoms with Crippen molar-refractivity contribution in [1.29, 1.82) is 0 Å². The molecule has 2 heterocycles. The lowest BCUT2D eigenvalue weighted by Gasteiger charge is -2.00. The second-order valence-corrected chi connectivity index (χ2v) is 3.24. The van der Waals surface area contributed by atoms with Gasteiger partial charge >= 0.3 is 5.97 Å². The van der Waals surface area contributed by atoms with Crippen molar-refractivity contribution in [3.8, 4) is 0 Å². The van der Waals surface area contributed by atoms with Crippen LogP contribution in [-0.4, -0.2) is 11.9 Å². The van der Waals surface area contributed by atoms with Crippen molar-refractivity contribution in [1.82, 2.24) is 0 Å². The first-order chi connectivity index (χ1) is 6.34. The van der Waals surface area contributed by atoms with E-state index in [4.69, 9.17) is 4.74 Å². The van der Waals surface area contributed by atoms with Crippen molar-refractivity contribution in [3.05, 3.63) is 29.8 Å². The molecule has 0 bridgehead atoms. The van der Waals surface area contributed by atoms with Crippen LogP contribution in [0.15, 0.2) is 29.3 Å². The standard InChI is InChI=1S/C10H7NO2/c12-9-5-7-6-3-1-2-4-8(6)11-10(7)13-9/h1-4,7H,5H2. The van der Waals surface area contributed by atoms with Crippen molar-refractivity contribution < 1.29 is 9.53 Å². The highest BCUT2D eigenvalue weighted by Crippen LogP contribution is 2.40. The first-order valence-corrected chi connectivity index (χ1v) is 4.23.